The van der Waals surface area contributed by atoms with Gasteiger partial charge in [-0.3, -0.25) is 10.1 Å². The van der Waals surface area contributed by atoms with Gasteiger partial charge in [-0.1, -0.05) is 65.1 Å². The number of halogens is 3. The number of hydrogen-bond acceptors (Lipinski definition) is 5. The monoisotopic (exact) mass is 497 g/mol. The van der Waals surface area contributed by atoms with Crippen LogP contribution in [-0.4, -0.2) is 36.1 Å². The van der Waals surface area contributed by atoms with Gasteiger partial charge in [-0.25, -0.2) is 0 Å². The predicted octanol–water partition coefficient (Wildman–Crippen LogP) is 6.05. The first-order chi connectivity index (χ1) is 14.9. The average molecular weight is 499 g/mol. The molecule has 1 heterocycles. The maximum atomic E-state index is 11.4. The number of thioether (sulfide) groups is 1. The fourth-order valence-electron chi connectivity index (χ4n) is 3.41. The number of fused-ring (bicyclic) bond motifs is 1. The number of aliphatic carboxylic acids is 1. The molecule has 0 spiro atoms. The zero-order valence-corrected chi connectivity index (χ0v) is 19.2. The summed E-state index contributed by atoms with van der Waals surface area (Å²) in [6, 6.07) is 14.4. The topological polar surface area (TPSA) is 67.8 Å². The van der Waals surface area contributed by atoms with Gasteiger partial charge < -0.3 is 14.6 Å². The smallest absolute Gasteiger partial charge is 0.321 e. The van der Waals surface area contributed by atoms with Crippen LogP contribution in [0.3, 0.4) is 0 Å². The quantitative estimate of drug-likeness (QED) is 0.387. The number of carboxylic acids is 1. The summed E-state index contributed by atoms with van der Waals surface area (Å²) in [6.45, 7) is 0.469. The van der Waals surface area contributed by atoms with E-state index in [0.717, 1.165) is 16.3 Å². The van der Waals surface area contributed by atoms with Crippen molar-refractivity contribution in [2.75, 3.05) is 19.0 Å². The molecule has 162 valence electrons. The lowest BCUT2D eigenvalue weighted by Crippen LogP contribution is -2.33. The molecule has 9 heteroatoms. The lowest BCUT2D eigenvalue weighted by molar-refractivity contribution is -0.138. The van der Waals surface area contributed by atoms with Crippen LogP contribution in [0.25, 0.3) is 10.8 Å². The third-order valence-electron chi connectivity index (χ3n) is 4.82. The second kappa shape index (κ2) is 9.76. The van der Waals surface area contributed by atoms with E-state index >= 15 is 0 Å². The Morgan fingerprint density at radius 2 is 1.77 bits per heavy atom. The van der Waals surface area contributed by atoms with Crippen molar-refractivity contribution in [3.63, 3.8) is 0 Å². The highest BCUT2D eigenvalue weighted by atomic mass is 35.5. The number of rotatable bonds is 7. The van der Waals surface area contributed by atoms with Crippen molar-refractivity contribution in [3.05, 3.63) is 69.2 Å². The zero-order chi connectivity index (χ0) is 22.0. The van der Waals surface area contributed by atoms with E-state index in [1.54, 1.807) is 23.9 Å². The standard InChI is InChI=1S/C22H18Cl3NO4S/c23-13-9-15(24)20(16(25)10-13)30-8-7-29-18-6-5-12-3-1-2-4-14(12)19(18)21-26-17(11-31-21)22(27)28/h1-6,9-10,17,21,26H,7-8,11H2,(H,27,28). The molecule has 0 aliphatic carbocycles. The number of ether oxygens (including phenoxy) is 2. The van der Waals surface area contributed by atoms with Gasteiger partial charge in [-0.15, -0.1) is 11.8 Å². The van der Waals surface area contributed by atoms with E-state index in [1.165, 1.54) is 0 Å². The third-order valence-corrected chi connectivity index (χ3v) is 6.83. The van der Waals surface area contributed by atoms with Gasteiger partial charge >= 0.3 is 5.97 Å². The first-order valence-corrected chi connectivity index (χ1v) is 11.6. The van der Waals surface area contributed by atoms with Crippen LogP contribution in [-0.2, 0) is 4.79 Å². The molecule has 1 saturated heterocycles. The van der Waals surface area contributed by atoms with E-state index in [2.05, 4.69) is 5.32 Å². The Morgan fingerprint density at radius 1 is 1.06 bits per heavy atom. The first kappa shape index (κ1) is 22.4. The second-order valence-electron chi connectivity index (χ2n) is 6.86. The number of hydrogen-bond donors (Lipinski definition) is 2. The van der Waals surface area contributed by atoms with Crippen molar-refractivity contribution < 1.29 is 19.4 Å². The van der Waals surface area contributed by atoms with Crippen LogP contribution in [0.1, 0.15) is 10.9 Å². The van der Waals surface area contributed by atoms with Crippen molar-refractivity contribution in [2.45, 2.75) is 11.4 Å². The van der Waals surface area contributed by atoms with Crippen molar-refractivity contribution in [3.8, 4) is 11.5 Å². The summed E-state index contributed by atoms with van der Waals surface area (Å²) in [6.07, 6.45) is 0. The zero-order valence-electron chi connectivity index (χ0n) is 16.1. The predicted molar refractivity (Wildman–Crippen MR) is 126 cm³/mol. The molecule has 5 nitrogen and oxygen atoms in total. The van der Waals surface area contributed by atoms with E-state index in [1.807, 2.05) is 36.4 Å². The fraction of sp³-hybridized carbons (Fsp3) is 0.227. The van der Waals surface area contributed by atoms with E-state index in [9.17, 15) is 9.90 Å². The van der Waals surface area contributed by atoms with E-state index in [4.69, 9.17) is 44.3 Å². The molecule has 2 N–H and O–H groups in total. The van der Waals surface area contributed by atoms with E-state index in [0.29, 0.717) is 32.3 Å². The van der Waals surface area contributed by atoms with Crippen LogP contribution in [0, 0.1) is 0 Å². The van der Waals surface area contributed by atoms with Gasteiger partial charge in [0.05, 0.1) is 15.4 Å². The van der Waals surface area contributed by atoms with Crippen molar-refractivity contribution >= 4 is 63.3 Å². The number of carbonyl (C=O) groups is 1. The molecule has 3 aromatic carbocycles. The molecule has 0 aromatic heterocycles. The van der Waals surface area contributed by atoms with Crippen LogP contribution in [0.5, 0.6) is 11.5 Å². The molecule has 2 atom stereocenters. The molecule has 0 amide bonds. The van der Waals surface area contributed by atoms with Crippen LogP contribution in [0.4, 0.5) is 0 Å². The highest BCUT2D eigenvalue weighted by Crippen LogP contribution is 2.42. The van der Waals surface area contributed by atoms with Gasteiger partial charge in [-0.2, -0.15) is 0 Å². The van der Waals surface area contributed by atoms with Gasteiger partial charge in [-0.05, 0) is 29.0 Å². The second-order valence-corrected chi connectivity index (χ2v) is 9.25. The summed E-state index contributed by atoms with van der Waals surface area (Å²) in [5, 5.41) is 15.5. The van der Waals surface area contributed by atoms with Crippen LogP contribution in [0.15, 0.2) is 48.5 Å². The summed E-state index contributed by atoms with van der Waals surface area (Å²) in [7, 11) is 0. The molecule has 0 radical (unpaired) electrons. The Hall–Kier alpha value is -1.83. The summed E-state index contributed by atoms with van der Waals surface area (Å²) >= 11 is 19.8. The molecule has 4 rings (SSSR count). The average Bonchev–Trinajstić information content (AvgIpc) is 3.22. The lowest BCUT2D eigenvalue weighted by atomic mass is 10.0. The molecular weight excluding hydrogens is 481 g/mol. The van der Waals surface area contributed by atoms with Crippen molar-refractivity contribution in [2.24, 2.45) is 0 Å². The molecule has 0 saturated carbocycles. The minimum absolute atomic E-state index is 0.191. The molecular formula is C22H18Cl3NO4S. The normalized spacial score (nSPS) is 18.3. The summed E-state index contributed by atoms with van der Waals surface area (Å²) in [5.74, 6) is 0.654. The maximum Gasteiger partial charge on any atom is 0.321 e. The van der Waals surface area contributed by atoms with E-state index in [-0.39, 0.29) is 18.6 Å². The van der Waals surface area contributed by atoms with Gasteiger partial charge in [0.25, 0.3) is 0 Å². The lowest BCUT2D eigenvalue weighted by Gasteiger charge is -2.19. The molecule has 1 aliphatic heterocycles. The number of nitrogens with one attached hydrogen (secondary N) is 1. The minimum Gasteiger partial charge on any atom is -0.490 e. The van der Waals surface area contributed by atoms with Gasteiger partial charge in [0.15, 0.2) is 5.75 Å². The van der Waals surface area contributed by atoms with Gasteiger partial charge in [0.2, 0.25) is 0 Å². The van der Waals surface area contributed by atoms with Crippen LogP contribution < -0.4 is 14.8 Å². The highest BCUT2D eigenvalue weighted by molar-refractivity contribution is 7.99. The SMILES string of the molecule is O=C(O)C1CSC(c2c(OCCOc3c(Cl)cc(Cl)cc3Cl)ccc3ccccc23)N1. The Kier molecular flexibility index (Phi) is 7.04. The van der Waals surface area contributed by atoms with Crippen molar-refractivity contribution in [1.82, 2.24) is 5.32 Å². The largest absolute Gasteiger partial charge is 0.490 e. The Morgan fingerprint density at radius 3 is 2.48 bits per heavy atom. The fourth-order valence-corrected chi connectivity index (χ4v) is 5.63. The van der Waals surface area contributed by atoms with Gasteiger partial charge in [0, 0.05) is 16.3 Å². The summed E-state index contributed by atoms with van der Waals surface area (Å²) < 4.78 is 11.7. The Labute approximate surface area is 198 Å². The Bertz CT molecular complexity index is 1100. The molecule has 2 unspecified atom stereocenters. The first-order valence-electron chi connectivity index (χ1n) is 9.46. The third kappa shape index (κ3) is 4.99. The van der Waals surface area contributed by atoms with E-state index < -0.39 is 12.0 Å². The molecule has 1 fully saturated rings. The molecule has 3 aromatic rings. The number of carboxylic acid groups (broad SMARTS) is 1. The summed E-state index contributed by atoms with van der Waals surface area (Å²) in [4.78, 5) is 11.4. The van der Waals surface area contributed by atoms with Crippen LogP contribution in [0.2, 0.25) is 15.1 Å². The Balaban J connectivity index is 1.52. The highest BCUT2D eigenvalue weighted by Gasteiger charge is 2.33. The molecule has 31 heavy (non-hydrogen) atoms. The van der Waals surface area contributed by atoms with Gasteiger partial charge in [0.1, 0.15) is 25.0 Å². The van der Waals surface area contributed by atoms with Crippen molar-refractivity contribution in [1.29, 1.82) is 0 Å². The van der Waals surface area contributed by atoms with Crippen LogP contribution >= 0.6 is 46.6 Å². The molecule has 0 bridgehead atoms. The number of benzene rings is 3. The molecule has 1 aliphatic rings. The maximum absolute atomic E-state index is 11.4. The summed E-state index contributed by atoms with van der Waals surface area (Å²) in [5.41, 5.74) is 0.925. The minimum atomic E-state index is -0.858.